The molecule has 0 radical (unpaired) electrons. The van der Waals surface area contributed by atoms with Gasteiger partial charge >= 0.3 is 6.18 Å². The topological polar surface area (TPSA) is 58.1 Å². The van der Waals surface area contributed by atoms with Crippen molar-refractivity contribution in [3.05, 3.63) is 29.8 Å². The quantitative estimate of drug-likeness (QED) is 0.306. The summed E-state index contributed by atoms with van der Waals surface area (Å²) in [5.74, 6) is 0.906. The molecule has 6 nitrogen and oxygen atoms in total. The number of alkyl halides is 3. The molecule has 0 aliphatic carbocycles. The summed E-state index contributed by atoms with van der Waals surface area (Å²) in [6, 6.07) is 6.58. The fourth-order valence-electron chi connectivity index (χ4n) is 4.07. The molecule has 31 heavy (non-hydrogen) atoms. The van der Waals surface area contributed by atoms with Crippen LogP contribution in [0.25, 0.3) is 0 Å². The maximum Gasteiger partial charge on any atom is 0.422 e. The Morgan fingerprint density at radius 1 is 1.13 bits per heavy atom. The Labute approximate surface area is 199 Å². The lowest BCUT2D eigenvalue weighted by Gasteiger charge is -2.45. The van der Waals surface area contributed by atoms with E-state index in [4.69, 9.17) is 9.47 Å². The number of hydrogen-bond acceptors (Lipinski definition) is 4. The molecule has 0 amide bonds. The Morgan fingerprint density at radius 3 is 2.35 bits per heavy atom. The standard InChI is InChI=1S/C21H31F3N4O2.HI/c1-25-19(26-14-17-4-6-18(7-5-17)30-16-21(22,23)24)27-15-20(8-12-29-13-9-20)28-10-2-3-11-28;/h4-7H,2-3,8-16H2,1H3,(H2,25,26,27);1H. The first-order valence-electron chi connectivity index (χ1n) is 10.5. The van der Waals surface area contributed by atoms with Gasteiger partial charge in [-0.1, -0.05) is 12.1 Å². The van der Waals surface area contributed by atoms with Gasteiger partial charge in [-0.05, 0) is 56.5 Å². The predicted octanol–water partition coefficient (Wildman–Crippen LogP) is 3.56. The minimum atomic E-state index is -4.34. The summed E-state index contributed by atoms with van der Waals surface area (Å²) in [5.41, 5.74) is 1.03. The van der Waals surface area contributed by atoms with E-state index in [9.17, 15) is 13.2 Å². The van der Waals surface area contributed by atoms with Crippen LogP contribution in [0.5, 0.6) is 5.75 Å². The molecule has 2 aliphatic rings. The summed E-state index contributed by atoms with van der Waals surface area (Å²) in [6.45, 7) is 3.87. The summed E-state index contributed by atoms with van der Waals surface area (Å²) in [6.07, 6.45) is 0.179. The average molecular weight is 556 g/mol. The Kier molecular flexibility index (Phi) is 10.1. The zero-order valence-corrected chi connectivity index (χ0v) is 20.2. The van der Waals surface area contributed by atoms with E-state index in [-0.39, 0.29) is 35.3 Å². The van der Waals surface area contributed by atoms with E-state index in [2.05, 4.69) is 20.5 Å². The number of likely N-dealkylation sites (tertiary alicyclic amines) is 1. The molecule has 2 fully saturated rings. The second-order valence-corrected chi connectivity index (χ2v) is 7.86. The van der Waals surface area contributed by atoms with Gasteiger partial charge in [-0.3, -0.25) is 9.89 Å². The SMILES string of the molecule is CN=C(NCc1ccc(OCC(F)(F)F)cc1)NCC1(N2CCCC2)CCOCC1.I. The van der Waals surface area contributed by atoms with Crippen LogP contribution >= 0.6 is 24.0 Å². The van der Waals surface area contributed by atoms with Crippen molar-refractivity contribution in [1.82, 2.24) is 15.5 Å². The average Bonchev–Trinajstić information content (AvgIpc) is 3.29. The van der Waals surface area contributed by atoms with Crippen LogP contribution in [-0.2, 0) is 11.3 Å². The summed E-state index contributed by atoms with van der Waals surface area (Å²) in [4.78, 5) is 6.91. The van der Waals surface area contributed by atoms with Crippen LogP contribution in [0, 0.1) is 0 Å². The highest BCUT2D eigenvalue weighted by Gasteiger charge is 2.39. The van der Waals surface area contributed by atoms with Gasteiger partial charge in [-0.25, -0.2) is 0 Å². The number of halogens is 4. The summed E-state index contributed by atoms with van der Waals surface area (Å²) in [7, 11) is 1.73. The largest absolute Gasteiger partial charge is 0.484 e. The molecule has 2 heterocycles. The van der Waals surface area contributed by atoms with Gasteiger partial charge in [0.1, 0.15) is 5.75 Å². The molecule has 2 aliphatic heterocycles. The van der Waals surface area contributed by atoms with Crippen molar-refractivity contribution in [2.24, 2.45) is 4.99 Å². The van der Waals surface area contributed by atoms with Gasteiger partial charge in [0.15, 0.2) is 12.6 Å². The normalized spacial score (nSPS) is 19.5. The Morgan fingerprint density at radius 2 is 1.77 bits per heavy atom. The van der Waals surface area contributed by atoms with Crippen molar-refractivity contribution >= 4 is 29.9 Å². The maximum absolute atomic E-state index is 12.2. The zero-order chi connectivity index (χ0) is 21.5. The second kappa shape index (κ2) is 12.1. The number of nitrogens with zero attached hydrogens (tertiary/aromatic N) is 2. The van der Waals surface area contributed by atoms with Crippen molar-refractivity contribution < 1.29 is 22.6 Å². The highest BCUT2D eigenvalue weighted by Crippen LogP contribution is 2.30. The van der Waals surface area contributed by atoms with Gasteiger partial charge in [-0.2, -0.15) is 13.2 Å². The molecule has 0 saturated carbocycles. The highest BCUT2D eigenvalue weighted by atomic mass is 127. The molecular weight excluding hydrogens is 524 g/mol. The molecule has 3 rings (SSSR count). The minimum Gasteiger partial charge on any atom is -0.484 e. The Balaban J connectivity index is 0.00000341. The van der Waals surface area contributed by atoms with E-state index in [0.717, 1.165) is 51.3 Å². The number of rotatable bonds is 7. The van der Waals surface area contributed by atoms with Crippen LogP contribution in [0.4, 0.5) is 13.2 Å². The fraction of sp³-hybridized carbons (Fsp3) is 0.667. The molecule has 2 saturated heterocycles. The lowest BCUT2D eigenvalue weighted by molar-refractivity contribution is -0.153. The van der Waals surface area contributed by atoms with E-state index >= 15 is 0 Å². The highest BCUT2D eigenvalue weighted by molar-refractivity contribution is 14.0. The molecule has 0 spiro atoms. The monoisotopic (exact) mass is 556 g/mol. The molecular formula is C21H32F3IN4O2. The number of guanidine groups is 1. The third-order valence-electron chi connectivity index (χ3n) is 5.79. The molecule has 176 valence electrons. The summed E-state index contributed by atoms with van der Waals surface area (Å²) >= 11 is 0. The lowest BCUT2D eigenvalue weighted by Crippen LogP contribution is -2.58. The number of benzene rings is 1. The van der Waals surface area contributed by atoms with Gasteiger partial charge in [-0.15, -0.1) is 24.0 Å². The number of ether oxygens (including phenoxy) is 2. The first kappa shape index (κ1) is 26.0. The van der Waals surface area contributed by atoms with Crippen LogP contribution in [0.1, 0.15) is 31.2 Å². The molecule has 10 heteroatoms. The van der Waals surface area contributed by atoms with E-state index in [0.29, 0.717) is 12.5 Å². The molecule has 0 bridgehead atoms. The van der Waals surface area contributed by atoms with Gasteiger partial charge in [0.05, 0.1) is 0 Å². The van der Waals surface area contributed by atoms with Crippen molar-refractivity contribution in [2.75, 3.05) is 46.5 Å². The van der Waals surface area contributed by atoms with Crippen LogP contribution in [0.15, 0.2) is 29.3 Å². The summed E-state index contributed by atoms with van der Waals surface area (Å²) < 4.78 is 47.0. The van der Waals surface area contributed by atoms with E-state index in [1.54, 1.807) is 31.3 Å². The maximum atomic E-state index is 12.2. The zero-order valence-electron chi connectivity index (χ0n) is 17.8. The molecule has 2 N–H and O–H groups in total. The van der Waals surface area contributed by atoms with Crippen LogP contribution in [-0.4, -0.2) is 69.1 Å². The molecule has 1 aromatic carbocycles. The van der Waals surface area contributed by atoms with E-state index in [1.807, 2.05) is 0 Å². The lowest BCUT2D eigenvalue weighted by atomic mass is 9.88. The summed E-state index contributed by atoms with van der Waals surface area (Å²) in [5, 5.41) is 6.74. The number of nitrogens with one attached hydrogen (secondary N) is 2. The van der Waals surface area contributed by atoms with Gasteiger partial charge < -0.3 is 20.1 Å². The molecule has 1 aromatic rings. The molecule has 0 unspecified atom stereocenters. The van der Waals surface area contributed by atoms with Crippen LogP contribution in [0.3, 0.4) is 0 Å². The van der Waals surface area contributed by atoms with Crippen molar-refractivity contribution in [3.63, 3.8) is 0 Å². The Hall–Kier alpha value is -1.27. The molecule has 0 aromatic heterocycles. The van der Waals surface area contributed by atoms with Crippen molar-refractivity contribution in [2.45, 2.75) is 43.9 Å². The van der Waals surface area contributed by atoms with E-state index in [1.165, 1.54) is 12.8 Å². The van der Waals surface area contributed by atoms with Gasteiger partial charge in [0.25, 0.3) is 0 Å². The molecule has 0 atom stereocenters. The first-order valence-corrected chi connectivity index (χ1v) is 10.5. The Bertz CT molecular complexity index is 689. The van der Waals surface area contributed by atoms with Crippen molar-refractivity contribution in [3.8, 4) is 5.75 Å². The third kappa shape index (κ3) is 7.98. The van der Waals surface area contributed by atoms with E-state index < -0.39 is 12.8 Å². The van der Waals surface area contributed by atoms with Crippen LogP contribution < -0.4 is 15.4 Å². The first-order chi connectivity index (χ1) is 14.4. The minimum absolute atomic E-state index is 0. The van der Waals surface area contributed by atoms with Gasteiger partial charge in [0, 0.05) is 38.9 Å². The van der Waals surface area contributed by atoms with Crippen molar-refractivity contribution in [1.29, 1.82) is 0 Å². The second-order valence-electron chi connectivity index (χ2n) is 7.86. The predicted molar refractivity (Wildman–Crippen MR) is 125 cm³/mol. The number of hydrogen-bond donors (Lipinski definition) is 2. The third-order valence-corrected chi connectivity index (χ3v) is 5.79. The fourth-order valence-corrected chi connectivity index (χ4v) is 4.07. The van der Waals surface area contributed by atoms with Gasteiger partial charge in [0.2, 0.25) is 0 Å². The number of aliphatic imine (C=N–C) groups is 1. The smallest absolute Gasteiger partial charge is 0.422 e. The van der Waals surface area contributed by atoms with Crippen LogP contribution in [0.2, 0.25) is 0 Å².